The molecule has 0 heterocycles. The van der Waals surface area contributed by atoms with Gasteiger partial charge in [0.2, 0.25) is 0 Å². The Morgan fingerprint density at radius 1 is 0.750 bits per heavy atom. The lowest BCUT2D eigenvalue weighted by Gasteiger charge is -0.148. The van der Waals surface area contributed by atoms with E-state index >= 15 is 0 Å². The quantitative estimate of drug-likeness (QED) is 0.402. The summed E-state index contributed by atoms with van der Waals surface area (Å²) in [5.41, 5.74) is 0. The molecule has 0 radical (unpaired) electrons. The summed E-state index contributed by atoms with van der Waals surface area (Å²) in [7, 11) is 0. The molecule has 0 aliphatic heterocycles. The van der Waals surface area contributed by atoms with E-state index in [1.807, 2.05) is 0 Å². The molecule has 0 aromatic rings. The summed E-state index contributed by atoms with van der Waals surface area (Å²) in [5.74, 6) is 0. The summed E-state index contributed by atoms with van der Waals surface area (Å²) in [6, 6.07) is 0. The highest BCUT2D eigenvalue weighted by Crippen LogP contribution is 0.691. The Morgan fingerprint density at radius 2 is 0.750 bits per heavy atom. The van der Waals surface area contributed by atoms with Crippen molar-refractivity contribution in [2.75, 3.05) is 0 Å². The molecule has 0 aliphatic carbocycles. The summed E-state index contributed by atoms with van der Waals surface area (Å²) in [6.45, 7) is 0. The molecule has 0 nitrogen and oxygen atoms in total. The smallest absolute Gasteiger partial charge is 0.147 e. The number of hydrogen-bond donors (Lipinski definition) is 0. The van der Waals surface area contributed by atoms with Crippen molar-refractivity contribution in [3.63, 3.8) is 0 Å². The van der Waals surface area contributed by atoms with Gasteiger partial charge in [0.25, 0.3) is 0 Å². The van der Waals surface area contributed by atoms with E-state index in [1.165, 1.54) is 0 Å². The van der Waals surface area contributed by atoms with Gasteiger partial charge in [0, 0.05) is 0 Å². The van der Waals surface area contributed by atoms with Crippen LogP contribution in [0.1, 0.15) is 7.43 Å². The normalized spacial score (nSPS) is 0. The standard InChI is InChI=1S/CH4.Al.2ClH.3H/h1H4;;2*1H;;;. The largest absolute Gasteiger partial charge is 0.187 e. The fourth-order valence-corrected chi connectivity index (χ4v) is 0. The predicted molar refractivity (Wildman–Crippen MR) is 31.2 cm³/mol. The molecule has 0 aromatic heterocycles. The summed E-state index contributed by atoms with van der Waals surface area (Å²) in [6.07, 6.45) is 0. The Kier molecular flexibility index (Phi) is 562. The first-order chi connectivity index (χ1) is 0. The van der Waals surface area contributed by atoms with Gasteiger partial charge in [-0.1, -0.05) is 7.43 Å². The van der Waals surface area contributed by atoms with Crippen LogP contribution in [0.15, 0.2) is 0 Å². The second-order valence-electron chi connectivity index (χ2n) is 0. The van der Waals surface area contributed by atoms with Gasteiger partial charge in [-0.05, 0) is 0 Å². The van der Waals surface area contributed by atoms with Gasteiger partial charge in [-0.25, -0.2) is 0 Å². The molecule has 0 atom stereocenters. The topological polar surface area (TPSA) is 0 Å². The maximum atomic E-state index is 0. The SMILES string of the molecule is C.Cl.Cl.[AlH3]. The third-order valence-electron chi connectivity index (χ3n) is 0. The lowest BCUT2D eigenvalue weighted by atomic mass is 12.0. The predicted octanol–water partition coefficient (Wildman–Crippen LogP) is 0.296. The van der Waals surface area contributed by atoms with Crippen LogP contribution in [0.2, 0.25) is 0 Å². The molecular weight excluding hydrogens is 110 g/mol. The molecule has 0 amide bonds. The molecule has 0 saturated heterocycles. The molecule has 0 N–H and O–H groups in total. The van der Waals surface area contributed by atoms with E-state index in [-0.39, 0.29) is 49.6 Å². The van der Waals surface area contributed by atoms with Gasteiger partial charge >= 0.3 is 0 Å². The Hall–Kier alpha value is 1.11. The van der Waals surface area contributed by atoms with E-state index in [2.05, 4.69) is 0 Å². The van der Waals surface area contributed by atoms with Crippen LogP contribution in [0.25, 0.3) is 0 Å². The lowest BCUT2D eigenvalue weighted by molar-refractivity contribution is 2.50. The highest BCUT2D eigenvalue weighted by molar-refractivity contribution is 5.85. The van der Waals surface area contributed by atoms with Crippen molar-refractivity contribution >= 4 is 42.2 Å². The zero-order chi connectivity index (χ0) is 0. The van der Waals surface area contributed by atoms with Crippen molar-refractivity contribution in [1.82, 2.24) is 0 Å². The lowest BCUT2D eigenvalue weighted by Crippen LogP contribution is -0.381. The van der Waals surface area contributed by atoms with Crippen molar-refractivity contribution in [2.45, 2.75) is 7.43 Å². The fraction of sp³-hybridized carbons (Fsp3) is 1.00. The summed E-state index contributed by atoms with van der Waals surface area (Å²) in [4.78, 5) is 0. The molecule has 0 rings (SSSR count). The molecule has 0 aromatic carbocycles. The van der Waals surface area contributed by atoms with Crippen LogP contribution in [0.4, 0.5) is 0 Å². The Balaban J connectivity index is 0. The van der Waals surface area contributed by atoms with Crippen LogP contribution in [-0.4, -0.2) is 17.4 Å². The first-order valence-electron chi connectivity index (χ1n) is 0. The van der Waals surface area contributed by atoms with Gasteiger partial charge in [-0.3, -0.25) is 0 Å². The number of hydrogen-bond acceptors (Lipinski definition) is 0. The van der Waals surface area contributed by atoms with Crippen LogP contribution < -0.4 is 0 Å². The zero-order valence-corrected chi connectivity index (χ0v) is 2.45. The van der Waals surface area contributed by atoms with Crippen LogP contribution >= 0.6 is 24.8 Å². The molecule has 0 bridgehead atoms. The molecule has 0 spiro atoms. The van der Waals surface area contributed by atoms with Crippen LogP contribution in [-0.2, 0) is 0 Å². The molecule has 3 heteroatoms. The molecule has 0 aliphatic rings. The fourth-order valence-electron chi connectivity index (χ4n) is 0. The van der Waals surface area contributed by atoms with Gasteiger partial charge in [-0.15, -0.1) is 24.8 Å². The Morgan fingerprint density at radius 3 is 0.750 bits per heavy atom. The van der Waals surface area contributed by atoms with E-state index in [1.54, 1.807) is 0 Å². The van der Waals surface area contributed by atoms with Crippen molar-refractivity contribution in [1.29, 1.82) is 0 Å². The third-order valence-corrected chi connectivity index (χ3v) is 0. The average Bonchev–Trinajstić information content (AvgIpc) is 0. The molecule has 0 unspecified atom stereocenters. The monoisotopic (exact) mass is 118 g/mol. The van der Waals surface area contributed by atoms with E-state index in [0.717, 1.165) is 0 Å². The number of halogens is 2. The minimum absolute atomic E-state index is 0. The minimum Gasteiger partial charge on any atom is -0.147 e. The average molecular weight is 119 g/mol. The van der Waals surface area contributed by atoms with Crippen LogP contribution in [0.5, 0.6) is 0 Å². The minimum atomic E-state index is 0. The molecular formula is CH9AlCl2. The zero-order valence-electron chi connectivity index (χ0n) is 0.816. The molecule has 4 heavy (non-hydrogen) atoms. The van der Waals surface area contributed by atoms with E-state index < -0.39 is 0 Å². The van der Waals surface area contributed by atoms with Crippen molar-refractivity contribution in [3.8, 4) is 0 Å². The maximum Gasteiger partial charge on any atom is 0.187 e. The summed E-state index contributed by atoms with van der Waals surface area (Å²) in [5, 5.41) is 0. The van der Waals surface area contributed by atoms with Gasteiger partial charge in [0.15, 0.2) is 17.4 Å². The molecule has 0 saturated carbocycles. The second-order valence-corrected chi connectivity index (χ2v) is 0. The molecule has 0 fully saturated rings. The highest BCUT2D eigenvalue weighted by Gasteiger charge is 0.187. The van der Waals surface area contributed by atoms with Gasteiger partial charge in [0.05, 0.1) is 0 Å². The molecule has 30 valence electrons. The van der Waals surface area contributed by atoms with Crippen LogP contribution in [0.3, 0.4) is 0 Å². The van der Waals surface area contributed by atoms with Crippen LogP contribution in [0, 0.1) is 0 Å². The van der Waals surface area contributed by atoms with E-state index in [9.17, 15) is 0 Å². The maximum absolute atomic E-state index is 0. The van der Waals surface area contributed by atoms with E-state index in [4.69, 9.17) is 0 Å². The van der Waals surface area contributed by atoms with Gasteiger partial charge in [0.1, 0.15) is 0 Å². The van der Waals surface area contributed by atoms with Crippen molar-refractivity contribution in [2.24, 2.45) is 0 Å². The number of rotatable bonds is 0. The van der Waals surface area contributed by atoms with Crippen molar-refractivity contribution < 1.29 is 0 Å². The first kappa shape index (κ1) is 69.9. The summed E-state index contributed by atoms with van der Waals surface area (Å²) >= 11 is 0. The third kappa shape index (κ3) is 11.2. The first-order valence-corrected chi connectivity index (χ1v) is 0. The summed E-state index contributed by atoms with van der Waals surface area (Å²) < 4.78 is 0. The van der Waals surface area contributed by atoms with Gasteiger partial charge < -0.3 is 0 Å². The Bertz CT molecular complexity index is 6.00. The highest BCUT2D eigenvalue weighted by atomic mass is 35.5. The second kappa shape index (κ2) is 32.2. The van der Waals surface area contributed by atoms with E-state index in [0.29, 0.717) is 0 Å². The van der Waals surface area contributed by atoms with Gasteiger partial charge in [-0.2, -0.15) is 0 Å². The van der Waals surface area contributed by atoms with Crippen molar-refractivity contribution in [3.05, 3.63) is 0 Å². The Labute approximate surface area is 49.9 Å².